The predicted molar refractivity (Wildman–Crippen MR) is 140 cm³/mol. The molecule has 0 aliphatic carbocycles. The molecule has 0 spiro atoms. The monoisotopic (exact) mass is 542 g/mol. The van der Waals surface area contributed by atoms with Crippen molar-refractivity contribution >= 4 is 41.5 Å². The highest BCUT2D eigenvalue weighted by Crippen LogP contribution is 2.22. The van der Waals surface area contributed by atoms with E-state index in [1.807, 2.05) is 6.07 Å². The van der Waals surface area contributed by atoms with Crippen LogP contribution in [-0.4, -0.2) is 98.6 Å². The third-order valence-corrected chi connectivity index (χ3v) is 6.07. The van der Waals surface area contributed by atoms with Crippen molar-refractivity contribution in [1.29, 1.82) is 5.26 Å². The van der Waals surface area contributed by atoms with Gasteiger partial charge in [0.15, 0.2) is 6.29 Å². The number of carbonyl (C=O) groups is 6. The molecular formula is C26H34N6O7. The summed E-state index contributed by atoms with van der Waals surface area (Å²) in [5.74, 6) is -2.04. The van der Waals surface area contributed by atoms with Crippen LogP contribution in [0.4, 0.5) is 5.69 Å². The van der Waals surface area contributed by atoms with E-state index in [2.05, 4.69) is 16.0 Å². The van der Waals surface area contributed by atoms with Crippen molar-refractivity contribution in [2.75, 3.05) is 52.3 Å². The normalized spacial score (nSPS) is 14.5. The number of hydrogen-bond donors (Lipinski definition) is 3. The van der Waals surface area contributed by atoms with E-state index in [4.69, 9.17) is 10.00 Å². The van der Waals surface area contributed by atoms with Crippen molar-refractivity contribution in [3.63, 3.8) is 0 Å². The van der Waals surface area contributed by atoms with Gasteiger partial charge in [0, 0.05) is 45.7 Å². The molecule has 1 unspecified atom stereocenters. The van der Waals surface area contributed by atoms with Crippen LogP contribution in [-0.2, 0) is 23.9 Å². The highest BCUT2D eigenvalue weighted by atomic mass is 16.5. The molecule has 13 heteroatoms. The summed E-state index contributed by atoms with van der Waals surface area (Å²) < 4.78 is 5.17. The lowest BCUT2D eigenvalue weighted by molar-refractivity contribution is -0.136. The maximum absolute atomic E-state index is 13.1. The maximum Gasteiger partial charge on any atom is 0.255 e. The minimum absolute atomic E-state index is 0.107. The average molecular weight is 543 g/mol. The zero-order valence-electron chi connectivity index (χ0n) is 22.2. The topological polar surface area (TPSA) is 178 Å². The van der Waals surface area contributed by atoms with Gasteiger partial charge in [-0.1, -0.05) is 6.07 Å². The summed E-state index contributed by atoms with van der Waals surface area (Å²) in [7, 11) is 2.97. The Hall–Kier alpha value is -4.31. The fraction of sp³-hybridized carbons (Fsp3) is 0.500. The largest absolute Gasteiger partial charge is 0.384 e. The number of aldehydes is 1. The molecule has 13 nitrogen and oxygen atoms in total. The molecule has 5 amide bonds. The second-order valence-electron chi connectivity index (χ2n) is 8.92. The molecule has 0 bridgehead atoms. The van der Waals surface area contributed by atoms with Gasteiger partial charge in [-0.05, 0) is 25.0 Å². The fourth-order valence-electron chi connectivity index (χ4n) is 3.91. The third-order valence-electron chi connectivity index (χ3n) is 6.07. The van der Waals surface area contributed by atoms with Gasteiger partial charge in [-0.2, -0.15) is 5.26 Å². The maximum atomic E-state index is 13.1. The number of nitrogens with one attached hydrogen (secondary N) is 3. The molecule has 1 aromatic rings. The van der Waals surface area contributed by atoms with Crippen LogP contribution in [0.15, 0.2) is 18.2 Å². The van der Waals surface area contributed by atoms with Crippen LogP contribution in [0.1, 0.15) is 52.8 Å². The Morgan fingerprint density at radius 2 is 1.97 bits per heavy atom. The highest BCUT2D eigenvalue weighted by Gasteiger charge is 2.33. The number of imide groups is 1. The number of benzene rings is 1. The summed E-state index contributed by atoms with van der Waals surface area (Å²) in [5, 5.41) is 16.4. The second-order valence-corrected chi connectivity index (χ2v) is 8.92. The number of nitriles is 1. The van der Waals surface area contributed by atoms with Gasteiger partial charge >= 0.3 is 0 Å². The molecule has 0 saturated carbocycles. The van der Waals surface area contributed by atoms with E-state index in [1.54, 1.807) is 12.1 Å². The van der Waals surface area contributed by atoms with Gasteiger partial charge in [0.2, 0.25) is 23.6 Å². The molecular weight excluding hydrogens is 508 g/mol. The van der Waals surface area contributed by atoms with E-state index in [1.165, 1.54) is 30.0 Å². The molecule has 1 heterocycles. The van der Waals surface area contributed by atoms with E-state index in [-0.39, 0.29) is 74.2 Å². The van der Waals surface area contributed by atoms with Crippen LogP contribution in [0.25, 0.3) is 0 Å². The standard InChI is InChI=1S/C26H34N6O7/c1-31(16-23(35)29-13-15-39-14-5-11-27)24(36)8-4-12-28-20-7-3-6-18(19(20)17-33)26(38)32(2)21-9-10-22(34)30-25(21)37/h3,6-7,17,21,28H,4-5,8-10,12-16H2,1-2H3,(H,29,35)(H,30,34,37). The van der Waals surface area contributed by atoms with Crippen LogP contribution in [0.5, 0.6) is 0 Å². The molecule has 3 N–H and O–H groups in total. The Labute approximate surface area is 226 Å². The van der Waals surface area contributed by atoms with Crippen molar-refractivity contribution in [1.82, 2.24) is 20.4 Å². The van der Waals surface area contributed by atoms with E-state index >= 15 is 0 Å². The Morgan fingerprint density at radius 3 is 2.67 bits per heavy atom. The first-order chi connectivity index (χ1) is 18.7. The van der Waals surface area contributed by atoms with Crippen LogP contribution < -0.4 is 16.0 Å². The van der Waals surface area contributed by atoms with Crippen molar-refractivity contribution in [3.8, 4) is 6.07 Å². The number of amides is 5. The van der Waals surface area contributed by atoms with Gasteiger partial charge in [-0.3, -0.25) is 34.1 Å². The van der Waals surface area contributed by atoms with Gasteiger partial charge in [0.25, 0.3) is 5.91 Å². The van der Waals surface area contributed by atoms with Crippen LogP contribution >= 0.6 is 0 Å². The molecule has 1 atom stereocenters. The third kappa shape index (κ3) is 9.50. The van der Waals surface area contributed by atoms with E-state index in [0.717, 1.165) is 0 Å². The van der Waals surface area contributed by atoms with E-state index < -0.39 is 17.9 Å². The molecule has 0 aromatic heterocycles. The zero-order valence-corrected chi connectivity index (χ0v) is 22.2. The van der Waals surface area contributed by atoms with Gasteiger partial charge in [-0.15, -0.1) is 0 Å². The predicted octanol–water partition coefficient (Wildman–Crippen LogP) is 0.0733. The van der Waals surface area contributed by atoms with Crippen molar-refractivity contribution in [3.05, 3.63) is 29.3 Å². The fourth-order valence-corrected chi connectivity index (χ4v) is 3.91. The number of anilines is 1. The highest BCUT2D eigenvalue weighted by molar-refractivity contribution is 6.07. The molecule has 1 saturated heterocycles. The molecule has 0 radical (unpaired) electrons. The Morgan fingerprint density at radius 1 is 1.21 bits per heavy atom. The lowest BCUT2D eigenvalue weighted by Crippen LogP contribution is -2.53. The summed E-state index contributed by atoms with van der Waals surface area (Å²) in [6.45, 7) is 1.07. The number of nitrogens with zero attached hydrogens (tertiary/aromatic N) is 3. The van der Waals surface area contributed by atoms with Gasteiger partial charge in [0.1, 0.15) is 6.04 Å². The molecule has 39 heavy (non-hydrogen) atoms. The SMILES string of the molecule is CN(CC(=O)NCCOCCC#N)C(=O)CCCNc1cccc(C(=O)N(C)C2CCC(=O)NC2=O)c1C=O. The van der Waals surface area contributed by atoms with Crippen LogP contribution in [0.2, 0.25) is 0 Å². The molecule has 1 aliphatic rings. The number of likely N-dealkylation sites (N-methyl/N-ethyl adjacent to an activating group) is 2. The van der Waals surface area contributed by atoms with Crippen LogP contribution in [0.3, 0.4) is 0 Å². The lowest BCUT2D eigenvalue weighted by atomic mass is 10.0. The first-order valence-electron chi connectivity index (χ1n) is 12.6. The van der Waals surface area contributed by atoms with Gasteiger partial charge in [0.05, 0.1) is 43.4 Å². The summed E-state index contributed by atoms with van der Waals surface area (Å²) in [4.78, 5) is 75.4. The number of hydrogen-bond acceptors (Lipinski definition) is 9. The quantitative estimate of drug-likeness (QED) is 0.157. The summed E-state index contributed by atoms with van der Waals surface area (Å²) in [5.41, 5.74) is 0.641. The minimum Gasteiger partial charge on any atom is -0.384 e. The first kappa shape index (κ1) is 30.9. The molecule has 210 valence electrons. The minimum atomic E-state index is -0.820. The van der Waals surface area contributed by atoms with E-state index in [0.29, 0.717) is 31.5 Å². The zero-order chi connectivity index (χ0) is 28.8. The van der Waals surface area contributed by atoms with Crippen LogP contribution in [0, 0.1) is 11.3 Å². The number of rotatable bonds is 15. The van der Waals surface area contributed by atoms with Crippen molar-refractivity contribution < 1.29 is 33.5 Å². The summed E-state index contributed by atoms with van der Waals surface area (Å²) >= 11 is 0. The van der Waals surface area contributed by atoms with Gasteiger partial charge < -0.3 is 25.2 Å². The number of ether oxygens (including phenoxy) is 1. The summed E-state index contributed by atoms with van der Waals surface area (Å²) in [6.07, 6.45) is 1.71. The van der Waals surface area contributed by atoms with Gasteiger partial charge in [-0.25, -0.2) is 0 Å². The lowest BCUT2D eigenvalue weighted by Gasteiger charge is -2.30. The van der Waals surface area contributed by atoms with E-state index in [9.17, 15) is 28.8 Å². The molecule has 1 aromatic carbocycles. The Kier molecular flexibility index (Phi) is 12.5. The number of carbonyl (C=O) groups excluding carboxylic acids is 6. The second kappa shape index (κ2) is 15.8. The smallest absolute Gasteiger partial charge is 0.255 e. The van der Waals surface area contributed by atoms with Crippen molar-refractivity contribution in [2.24, 2.45) is 0 Å². The Bertz CT molecular complexity index is 1120. The molecule has 1 aliphatic heterocycles. The number of piperidine rings is 1. The average Bonchev–Trinajstić information content (AvgIpc) is 2.91. The first-order valence-corrected chi connectivity index (χ1v) is 12.6. The Balaban J connectivity index is 1.83. The molecule has 1 fully saturated rings. The van der Waals surface area contributed by atoms with Crippen molar-refractivity contribution in [2.45, 2.75) is 38.1 Å². The molecule has 2 rings (SSSR count). The summed E-state index contributed by atoms with van der Waals surface area (Å²) in [6, 6.07) is 5.86.